The van der Waals surface area contributed by atoms with Crippen molar-refractivity contribution in [3.63, 3.8) is 0 Å². The minimum atomic E-state index is -1.20. The Kier molecular flexibility index (Phi) is 5.51. The molecule has 8 nitrogen and oxygen atoms in total. The number of aromatic nitrogens is 1. The van der Waals surface area contributed by atoms with Crippen LogP contribution < -0.4 is 10.6 Å². The second-order valence-electron chi connectivity index (χ2n) is 6.83. The Morgan fingerprint density at radius 1 is 1.31 bits per heavy atom. The number of carboxylic acids is 1. The van der Waals surface area contributed by atoms with E-state index < -0.39 is 30.2 Å². The highest BCUT2D eigenvalue weighted by Crippen LogP contribution is 2.34. The third-order valence-electron chi connectivity index (χ3n) is 4.67. The monoisotopic (exact) mass is 401 g/mol. The molecule has 1 aromatic heterocycles. The molecule has 2 heterocycles. The topological polar surface area (TPSA) is 132 Å². The van der Waals surface area contributed by atoms with Crippen molar-refractivity contribution in [2.75, 3.05) is 11.9 Å². The molecule has 152 valence electrons. The molecule has 1 aliphatic heterocycles. The second-order valence-corrected chi connectivity index (χ2v) is 6.83. The minimum absolute atomic E-state index is 0.208. The van der Waals surface area contributed by atoms with E-state index in [0.29, 0.717) is 33.8 Å². The number of aliphatic hydroxyl groups is 1. The molecule has 5 N–H and O–H groups in total. The molecular formula is C20H20FN3O5. The minimum Gasteiger partial charge on any atom is -0.481 e. The van der Waals surface area contributed by atoms with Gasteiger partial charge in [0.25, 0.3) is 11.8 Å². The molecule has 0 spiro atoms. The van der Waals surface area contributed by atoms with Gasteiger partial charge in [0.2, 0.25) is 0 Å². The summed E-state index contributed by atoms with van der Waals surface area (Å²) in [7, 11) is 0. The van der Waals surface area contributed by atoms with Gasteiger partial charge in [-0.2, -0.15) is 0 Å². The first-order valence-corrected chi connectivity index (χ1v) is 8.87. The zero-order valence-corrected chi connectivity index (χ0v) is 15.8. The Bertz CT molecular complexity index is 1040. The highest BCUT2D eigenvalue weighted by molar-refractivity contribution is 6.34. The van der Waals surface area contributed by atoms with Crippen LogP contribution in [-0.4, -0.2) is 45.6 Å². The van der Waals surface area contributed by atoms with Crippen molar-refractivity contribution in [3.05, 3.63) is 52.1 Å². The largest absolute Gasteiger partial charge is 0.481 e. The van der Waals surface area contributed by atoms with Gasteiger partial charge in [0.15, 0.2) is 0 Å². The van der Waals surface area contributed by atoms with E-state index in [9.17, 15) is 23.9 Å². The van der Waals surface area contributed by atoms with Gasteiger partial charge in [-0.05, 0) is 43.7 Å². The molecule has 0 fully saturated rings. The van der Waals surface area contributed by atoms with E-state index >= 15 is 0 Å². The highest BCUT2D eigenvalue weighted by atomic mass is 19.1. The molecule has 2 amide bonds. The summed E-state index contributed by atoms with van der Waals surface area (Å²) < 4.78 is 13.6. The Morgan fingerprint density at radius 2 is 2.03 bits per heavy atom. The number of fused-ring (bicyclic) bond motifs is 1. The first-order valence-electron chi connectivity index (χ1n) is 8.87. The van der Waals surface area contributed by atoms with E-state index in [0.717, 1.165) is 0 Å². The summed E-state index contributed by atoms with van der Waals surface area (Å²) in [5.74, 6) is -2.49. The van der Waals surface area contributed by atoms with Crippen LogP contribution in [0.15, 0.2) is 18.2 Å². The maximum absolute atomic E-state index is 13.6. The van der Waals surface area contributed by atoms with Gasteiger partial charge in [-0.15, -0.1) is 0 Å². The van der Waals surface area contributed by atoms with Crippen molar-refractivity contribution in [2.45, 2.75) is 26.4 Å². The molecule has 1 aromatic carbocycles. The number of carbonyl (C=O) groups is 3. The Labute approximate surface area is 165 Å². The van der Waals surface area contributed by atoms with Gasteiger partial charge in [0, 0.05) is 29.2 Å². The maximum atomic E-state index is 13.6. The van der Waals surface area contributed by atoms with Gasteiger partial charge in [-0.25, -0.2) is 4.39 Å². The van der Waals surface area contributed by atoms with Crippen LogP contribution in [0.3, 0.4) is 0 Å². The van der Waals surface area contributed by atoms with Crippen LogP contribution in [-0.2, 0) is 9.59 Å². The Morgan fingerprint density at radius 3 is 2.72 bits per heavy atom. The Balaban J connectivity index is 1.86. The standard InChI is InChI=1S/C20H20FN3O5/c1-9-16(7-14-13-5-11(21)3-4-15(13)24-19(14)28)23-10(2)18(9)20(29)22-8-12(25)6-17(26)27/h3-5,7,12,23,25H,6,8H2,1-2H3,(H,22,29)(H,24,28)(H,26,27). The molecule has 1 unspecified atom stereocenters. The summed E-state index contributed by atoms with van der Waals surface area (Å²) in [6, 6.07) is 4.01. The van der Waals surface area contributed by atoms with E-state index in [1.807, 2.05) is 0 Å². The van der Waals surface area contributed by atoms with Crippen LogP contribution in [0.2, 0.25) is 0 Å². The summed E-state index contributed by atoms with van der Waals surface area (Å²) in [5.41, 5.74) is 3.17. The molecule has 0 radical (unpaired) electrons. The van der Waals surface area contributed by atoms with Crippen molar-refractivity contribution in [3.8, 4) is 0 Å². The van der Waals surface area contributed by atoms with Crippen LogP contribution in [0.25, 0.3) is 11.6 Å². The number of hydrogen-bond donors (Lipinski definition) is 5. The fourth-order valence-electron chi connectivity index (χ4n) is 3.28. The van der Waals surface area contributed by atoms with Gasteiger partial charge < -0.3 is 25.8 Å². The van der Waals surface area contributed by atoms with E-state index in [2.05, 4.69) is 15.6 Å². The average molecular weight is 401 g/mol. The number of aliphatic carboxylic acids is 1. The Hall–Kier alpha value is -3.46. The van der Waals surface area contributed by atoms with Crippen LogP contribution in [0, 0.1) is 19.7 Å². The number of rotatable bonds is 6. The van der Waals surface area contributed by atoms with E-state index in [-0.39, 0.29) is 18.0 Å². The zero-order chi connectivity index (χ0) is 21.3. The quantitative estimate of drug-likeness (QED) is 0.471. The molecular weight excluding hydrogens is 381 g/mol. The lowest BCUT2D eigenvalue weighted by molar-refractivity contribution is -0.139. The lowest BCUT2D eigenvalue weighted by Gasteiger charge is -2.10. The molecule has 0 bridgehead atoms. The van der Waals surface area contributed by atoms with Gasteiger partial charge >= 0.3 is 5.97 Å². The lowest BCUT2D eigenvalue weighted by atomic mass is 10.0. The molecule has 2 aromatic rings. The van der Waals surface area contributed by atoms with Crippen molar-refractivity contribution < 1.29 is 29.0 Å². The highest BCUT2D eigenvalue weighted by Gasteiger charge is 2.26. The normalized spacial score (nSPS) is 15.2. The number of anilines is 1. The number of halogens is 1. The summed E-state index contributed by atoms with van der Waals surface area (Å²) in [5, 5.41) is 23.4. The van der Waals surface area contributed by atoms with Gasteiger partial charge in [-0.3, -0.25) is 14.4 Å². The number of H-pyrrole nitrogens is 1. The zero-order valence-electron chi connectivity index (χ0n) is 15.8. The maximum Gasteiger partial charge on any atom is 0.306 e. The summed E-state index contributed by atoms with van der Waals surface area (Å²) in [4.78, 5) is 38.4. The van der Waals surface area contributed by atoms with Crippen molar-refractivity contribution in [1.29, 1.82) is 0 Å². The molecule has 1 atom stereocenters. The smallest absolute Gasteiger partial charge is 0.306 e. The SMILES string of the molecule is Cc1[nH]c(C=C2C(=O)Nc3ccc(F)cc32)c(C)c1C(=O)NCC(O)CC(=O)O. The molecule has 0 aliphatic carbocycles. The number of aryl methyl sites for hydroxylation is 1. The van der Waals surface area contributed by atoms with Crippen LogP contribution in [0.1, 0.15) is 39.3 Å². The van der Waals surface area contributed by atoms with Crippen LogP contribution >= 0.6 is 0 Å². The molecule has 29 heavy (non-hydrogen) atoms. The first-order chi connectivity index (χ1) is 13.7. The van der Waals surface area contributed by atoms with Crippen LogP contribution in [0.5, 0.6) is 0 Å². The number of nitrogens with one attached hydrogen (secondary N) is 3. The fourth-order valence-corrected chi connectivity index (χ4v) is 3.28. The molecule has 3 rings (SSSR count). The molecule has 1 aliphatic rings. The molecule has 9 heteroatoms. The third-order valence-corrected chi connectivity index (χ3v) is 4.67. The number of carbonyl (C=O) groups excluding carboxylic acids is 2. The predicted molar refractivity (Wildman–Crippen MR) is 104 cm³/mol. The van der Waals surface area contributed by atoms with Gasteiger partial charge in [0.1, 0.15) is 5.82 Å². The second kappa shape index (κ2) is 7.88. The molecule has 0 saturated heterocycles. The molecule has 0 saturated carbocycles. The number of hydrogen-bond acceptors (Lipinski definition) is 4. The van der Waals surface area contributed by atoms with Crippen molar-refractivity contribution in [2.24, 2.45) is 0 Å². The number of aliphatic hydroxyl groups excluding tert-OH is 1. The van der Waals surface area contributed by atoms with Crippen LogP contribution in [0.4, 0.5) is 10.1 Å². The van der Waals surface area contributed by atoms with E-state index in [1.165, 1.54) is 18.2 Å². The van der Waals surface area contributed by atoms with Gasteiger partial charge in [-0.1, -0.05) is 0 Å². The lowest BCUT2D eigenvalue weighted by Crippen LogP contribution is -2.33. The summed E-state index contributed by atoms with van der Waals surface area (Å²) >= 11 is 0. The average Bonchev–Trinajstić information content (AvgIpc) is 3.08. The van der Waals surface area contributed by atoms with E-state index in [4.69, 9.17) is 5.11 Å². The number of amides is 2. The third kappa shape index (κ3) is 4.19. The predicted octanol–water partition coefficient (Wildman–Crippen LogP) is 1.83. The van der Waals surface area contributed by atoms with Gasteiger partial charge in [0.05, 0.1) is 23.7 Å². The summed E-state index contributed by atoms with van der Waals surface area (Å²) in [6.07, 6.45) is -0.126. The van der Waals surface area contributed by atoms with Crippen molar-refractivity contribution >= 4 is 35.1 Å². The van der Waals surface area contributed by atoms with E-state index in [1.54, 1.807) is 19.9 Å². The number of benzene rings is 1. The number of carboxylic acid groups (broad SMARTS) is 1. The summed E-state index contributed by atoms with van der Waals surface area (Å²) in [6.45, 7) is 3.17. The van der Waals surface area contributed by atoms with Crippen molar-refractivity contribution in [1.82, 2.24) is 10.3 Å². The first kappa shape index (κ1) is 20.3. The number of aromatic amines is 1. The fraction of sp³-hybridized carbons (Fsp3) is 0.250.